The van der Waals surface area contributed by atoms with Crippen LogP contribution in [0.2, 0.25) is 10.0 Å². The first-order valence-corrected chi connectivity index (χ1v) is 16.3. The van der Waals surface area contributed by atoms with Crippen molar-refractivity contribution < 1.29 is 14.4 Å². The van der Waals surface area contributed by atoms with Gasteiger partial charge in [-0.25, -0.2) is 4.98 Å². The summed E-state index contributed by atoms with van der Waals surface area (Å²) in [4.78, 5) is 43.9. The van der Waals surface area contributed by atoms with Crippen molar-refractivity contribution in [2.45, 2.75) is 4.90 Å². The zero-order chi connectivity index (χ0) is 30.2. The molecule has 0 aliphatic heterocycles. The topological polar surface area (TPSA) is 100 Å². The Morgan fingerprint density at radius 2 is 1.74 bits per heavy atom. The first-order chi connectivity index (χ1) is 20.8. The minimum absolute atomic E-state index is 0.104. The summed E-state index contributed by atoms with van der Waals surface area (Å²) in [5.41, 5.74) is 3.22. The van der Waals surface area contributed by atoms with Gasteiger partial charge in [-0.15, -0.1) is 23.1 Å². The molecule has 2 heterocycles. The second-order valence-corrected chi connectivity index (χ2v) is 12.4. The number of amides is 3. The lowest BCUT2D eigenvalue weighted by Gasteiger charge is -2.12. The van der Waals surface area contributed by atoms with E-state index in [0.29, 0.717) is 32.1 Å². The fourth-order valence-electron chi connectivity index (χ4n) is 3.78. The Morgan fingerprint density at radius 3 is 2.51 bits per heavy atom. The van der Waals surface area contributed by atoms with E-state index in [-0.39, 0.29) is 17.4 Å². The van der Waals surface area contributed by atoms with Crippen molar-refractivity contribution in [2.75, 3.05) is 16.4 Å². The molecular weight excluding hydrogens is 643 g/mol. The van der Waals surface area contributed by atoms with Gasteiger partial charge >= 0.3 is 0 Å². The molecule has 12 heteroatoms. The van der Waals surface area contributed by atoms with Crippen molar-refractivity contribution in [2.24, 2.45) is 0 Å². The lowest BCUT2D eigenvalue weighted by Crippen LogP contribution is -2.30. The van der Waals surface area contributed by atoms with Crippen molar-refractivity contribution in [3.63, 3.8) is 0 Å². The van der Waals surface area contributed by atoms with Gasteiger partial charge in [0, 0.05) is 32.1 Å². The summed E-state index contributed by atoms with van der Waals surface area (Å²) in [6.07, 6.45) is 1.63. The van der Waals surface area contributed by atoms with E-state index in [0.717, 1.165) is 16.0 Å². The Kier molecular flexibility index (Phi) is 10.3. The van der Waals surface area contributed by atoms with Gasteiger partial charge in [-0.1, -0.05) is 47.5 Å². The summed E-state index contributed by atoms with van der Waals surface area (Å²) >= 11 is 16.4. The van der Waals surface area contributed by atoms with Crippen LogP contribution in [0.5, 0.6) is 0 Å². The summed E-state index contributed by atoms with van der Waals surface area (Å²) in [6, 6.07) is 22.8. The summed E-state index contributed by atoms with van der Waals surface area (Å²) in [5, 5.41) is 15.4. The second kappa shape index (κ2) is 14.5. The number of benzene rings is 3. The van der Waals surface area contributed by atoms with Crippen LogP contribution in [0, 0.1) is 0 Å². The van der Waals surface area contributed by atoms with E-state index in [9.17, 15) is 14.4 Å². The molecule has 0 saturated carbocycles. The Morgan fingerprint density at radius 1 is 0.907 bits per heavy atom. The molecule has 0 aliphatic carbocycles. The van der Waals surface area contributed by atoms with Crippen LogP contribution in [0.15, 0.2) is 106 Å². The van der Waals surface area contributed by atoms with Gasteiger partial charge in [0.15, 0.2) is 5.13 Å². The molecule has 5 rings (SSSR count). The quantitative estimate of drug-likeness (QED) is 0.103. The van der Waals surface area contributed by atoms with Gasteiger partial charge in [0.1, 0.15) is 5.70 Å². The minimum atomic E-state index is -0.476. The highest BCUT2D eigenvalue weighted by molar-refractivity contribution is 8.00. The van der Waals surface area contributed by atoms with Crippen molar-refractivity contribution >= 4 is 92.3 Å². The zero-order valence-corrected chi connectivity index (χ0v) is 26.1. The maximum atomic E-state index is 13.2. The van der Waals surface area contributed by atoms with Gasteiger partial charge in [-0.05, 0) is 77.0 Å². The molecule has 7 nitrogen and oxygen atoms in total. The number of aromatic nitrogens is 1. The number of hydrogen-bond acceptors (Lipinski definition) is 7. The second-order valence-electron chi connectivity index (χ2n) is 8.92. The molecule has 0 radical (unpaired) electrons. The molecule has 3 amide bonds. The third-order valence-electron chi connectivity index (χ3n) is 5.80. The van der Waals surface area contributed by atoms with Gasteiger partial charge in [-0.2, -0.15) is 11.3 Å². The predicted octanol–water partition coefficient (Wildman–Crippen LogP) is 8.32. The number of halogens is 2. The van der Waals surface area contributed by atoms with Crippen LogP contribution in [0.1, 0.15) is 15.9 Å². The highest BCUT2D eigenvalue weighted by Crippen LogP contribution is 2.32. The van der Waals surface area contributed by atoms with Crippen LogP contribution < -0.4 is 16.0 Å². The molecular formula is C31H22Cl2N4O3S3. The Balaban J connectivity index is 1.20. The van der Waals surface area contributed by atoms with E-state index < -0.39 is 11.8 Å². The monoisotopic (exact) mass is 664 g/mol. The van der Waals surface area contributed by atoms with Crippen LogP contribution >= 0.6 is 57.6 Å². The smallest absolute Gasteiger partial charge is 0.272 e. The Hall–Kier alpha value is -3.93. The molecule has 3 aromatic carbocycles. The molecule has 0 aliphatic rings. The molecule has 3 N–H and O–H groups in total. The summed E-state index contributed by atoms with van der Waals surface area (Å²) in [5.74, 6) is -0.969. The fraction of sp³-hybridized carbons (Fsp3) is 0.0323. The lowest BCUT2D eigenvalue weighted by atomic mass is 10.2. The Bertz CT molecular complexity index is 1790. The van der Waals surface area contributed by atoms with Gasteiger partial charge in [-0.3, -0.25) is 14.4 Å². The van der Waals surface area contributed by atoms with Gasteiger partial charge < -0.3 is 16.0 Å². The first kappa shape index (κ1) is 30.5. The molecule has 5 aromatic rings. The van der Waals surface area contributed by atoms with E-state index in [1.807, 2.05) is 34.3 Å². The molecule has 0 saturated heterocycles. The summed E-state index contributed by atoms with van der Waals surface area (Å²) in [6.45, 7) is 0. The van der Waals surface area contributed by atoms with Crippen LogP contribution in [0.3, 0.4) is 0 Å². The maximum absolute atomic E-state index is 13.2. The summed E-state index contributed by atoms with van der Waals surface area (Å²) in [7, 11) is 0. The SMILES string of the molecule is O=C(CSc1cccc(NC(=O)/C(=C/c2ccsc2)NC(=O)c2ccccc2)c1)Nc1nc(-c2ccc(Cl)cc2Cl)cs1. The van der Waals surface area contributed by atoms with E-state index in [1.54, 1.807) is 66.7 Å². The minimum Gasteiger partial charge on any atom is -0.321 e. The molecule has 2 aromatic heterocycles. The van der Waals surface area contributed by atoms with E-state index >= 15 is 0 Å². The average Bonchev–Trinajstić information content (AvgIpc) is 3.69. The number of hydrogen-bond donors (Lipinski definition) is 3. The highest BCUT2D eigenvalue weighted by Gasteiger charge is 2.16. The number of thioether (sulfide) groups is 1. The molecule has 43 heavy (non-hydrogen) atoms. The number of thiazole rings is 1. The first-order valence-electron chi connectivity index (χ1n) is 12.7. The molecule has 0 spiro atoms. The average molecular weight is 666 g/mol. The summed E-state index contributed by atoms with van der Waals surface area (Å²) < 4.78 is 0. The van der Waals surface area contributed by atoms with Gasteiger partial charge in [0.05, 0.1) is 16.5 Å². The number of carbonyl (C=O) groups excluding carboxylic acids is 3. The van der Waals surface area contributed by atoms with Crippen LogP contribution in [-0.2, 0) is 9.59 Å². The van der Waals surface area contributed by atoms with Crippen molar-refractivity contribution in [1.29, 1.82) is 0 Å². The number of nitrogens with one attached hydrogen (secondary N) is 3. The van der Waals surface area contributed by atoms with E-state index in [1.165, 1.54) is 34.4 Å². The lowest BCUT2D eigenvalue weighted by molar-refractivity contribution is -0.114. The Labute approximate surface area is 270 Å². The van der Waals surface area contributed by atoms with Crippen molar-refractivity contribution in [3.8, 4) is 11.3 Å². The largest absolute Gasteiger partial charge is 0.321 e. The molecule has 0 fully saturated rings. The molecule has 216 valence electrons. The normalized spacial score (nSPS) is 11.2. The van der Waals surface area contributed by atoms with Crippen LogP contribution in [-0.4, -0.2) is 28.5 Å². The highest BCUT2D eigenvalue weighted by atomic mass is 35.5. The molecule has 0 unspecified atom stereocenters. The molecule has 0 atom stereocenters. The maximum Gasteiger partial charge on any atom is 0.272 e. The standard InChI is InChI=1S/C31H22Cl2N4O3S3/c32-21-9-10-24(25(33)14-21)27-17-43-31(36-27)37-28(38)18-42-23-8-4-7-22(15-23)34-30(40)26(13-19-11-12-41-16-19)35-29(39)20-5-2-1-3-6-20/h1-17H,18H2,(H,34,40)(H,35,39)(H,36,37,38)/b26-13-. The third-order valence-corrected chi connectivity index (χ3v) is 8.80. The number of nitrogens with zero attached hydrogens (tertiary/aromatic N) is 1. The van der Waals surface area contributed by atoms with E-state index in [2.05, 4.69) is 20.9 Å². The van der Waals surface area contributed by atoms with Crippen LogP contribution in [0.4, 0.5) is 10.8 Å². The van der Waals surface area contributed by atoms with Gasteiger partial charge in [0.25, 0.3) is 11.8 Å². The van der Waals surface area contributed by atoms with Crippen molar-refractivity contribution in [3.05, 3.63) is 122 Å². The van der Waals surface area contributed by atoms with E-state index in [4.69, 9.17) is 23.2 Å². The number of anilines is 2. The predicted molar refractivity (Wildman–Crippen MR) is 178 cm³/mol. The zero-order valence-electron chi connectivity index (χ0n) is 22.2. The van der Waals surface area contributed by atoms with Crippen LogP contribution in [0.25, 0.3) is 17.3 Å². The number of rotatable bonds is 10. The number of thiophene rings is 1. The van der Waals surface area contributed by atoms with Gasteiger partial charge in [0.2, 0.25) is 5.91 Å². The molecule has 0 bridgehead atoms. The fourth-order valence-corrected chi connectivity index (χ4v) is 6.39. The van der Waals surface area contributed by atoms with Crippen molar-refractivity contribution in [1.82, 2.24) is 10.3 Å². The third kappa shape index (κ3) is 8.56. The number of carbonyl (C=O) groups is 3.